The third kappa shape index (κ3) is 4.51. The maximum atomic E-state index is 5.61. The van der Waals surface area contributed by atoms with Crippen molar-refractivity contribution in [1.82, 2.24) is 14.7 Å². The number of methoxy groups -OCH3 is 1. The van der Waals surface area contributed by atoms with E-state index in [0.29, 0.717) is 12.1 Å². The first-order valence-electron chi connectivity index (χ1n) is 10.4. The summed E-state index contributed by atoms with van der Waals surface area (Å²) >= 11 is 0. The smallest absolute Gasteiger partial charge is 0.0630 e. The van der Waals surface area contributed by atoms with Crippen LogP contribution >= 0.6 is 0 Å². The van der Waals surface area contributed by atoms with Gasteiger partial charge in [0.05, 0.1) is 6.61 Å². The fourth-order valence-corrected chi connectivity index (χ4v) is 5.23. The molecule has 3 rings (SSSR count). The normalized spacial score (nSPS) is 30.2. The molecule has 2 heterocycles. The second-order valence-electron chi connectivity index (χ2n) is 8.49. The maximum absolute atomic E-state index is 5.61. The number of ether oxygens (including phenoxy) is 1. The van der Waals surface area contributed by atoms with Crippen LogP contribution in [0.1, 0.15) is 58.8 Å². The Bertz CT molecular complexity index is 362. The van der Waals surface area contributed by atoms with Gasteiger partial charge in [-0.05, 0) is 52.6 Å². The first-order chi connectivity index (χ1) is 11.7. The molecule has 3 fully saturated rings. The Hall–Kier alpha value is -0.160. The molecule has 1 aliphatic carbocycles. The van der Waals surface area contributed by atoms with E-state index in [9.17, 15) is 0 Å². The molecule has 0 amide bonds. The number of nitrogens with zero attached hydrogens (tertiary/aromatic N) is 3. The van der Waals surface area contributed by atoms with Gasteiger partial charge in [0.1, 0.15) is 0 Å². The van der Waals surface area contributed by atoms with E-state index in [1.165, 1.54) is 77.7 Å². The number of piperazine rings is 1. The lowest BCUT2D eigenvalue weighted by atomic mass is 9.92. The van der Waals surface area contributed by atoms with E-state index in [2.05, 4.69) is 28.5 Å². The van der Waals surface area contributed by atoms with Crippen molar-refractivity contribution < 1.29 is 4.74 Å². The van der Waals surface area contributed by atoms with Gasteiger partial charge >= 0.3 is 0 Å². The summed E-state index contributed by atoms with van der Waals surface area (Å²) in [7, 11) is 1.87. The Morgan fingerprint density at radius 2 is 1.58 bits per heavy atom. The number of piperidine rings is 1. The second-order valence-corrected chi connectivity index (χ2v) is 8.49. The van der Waals surface area contributed by atoms with E-state index in [-0.39, 0.29) is 0 Å². The molecule has 1 unspecified atom stereocenters. The molecule has 0 aromatic rings. The minimum absolute atomic E-state index is 0.606. The zero-order valence-electron chi connectivity index (χ0n) is 16.3. The summed E-state index contributed by atoms with van der Waals surface area (Å²) in [6.07, 6.45) is 9.82. The van der Waals surface area contributed by atoms with Gasteiger partial charge in [-0.3, -0.25) is 9.80 Å². The van der Waals surface area contributed by atoms with Gasteiger partial charge in [-0.1, -0.05) is 19.3 Å². The Morgan fingerprint density at radius 1 is 0.875 bits per heavy atom. The van der Waals surface area contributed by atoms with Gasteiger partial charge in [0.25, 0.3) is 0 Å². The fraction of sp³-hybridized carbons (Fsp3) is 1.00. The van der Waals surface area contributed by atoms with Crippen LogP contribution in [0.4, 0.5) is 0 Å². The van der Waals surface area contributed by atoms with Crippen LogP contribution in [0.15, 0.2) is 0 Å². The average molecular weight is 338 g/mol. The first kappa shape index (κ1) is 18.6. The maximum Gasteiger partial charge on any atom is 0.0630 e. The van der Waals surface area contributed by atoms with Gasteiger partial charge in [0.2, 0.25) is 0 Å². The summed E-state index contributed by atoms with van der Waals surface area (Å²) in [5, 5.41) is 0. The zero-order chi connectivity index (χ0) is 16.9. The van der Waals surface area contributed by atoms with E-state index in [4.69, 9.17) is 4.74 Å². The molecule has 0 aromatic heterocycles. The predicted octanol–water partition coefficient (Wildman–Crippen LogP) is 2.82. The minimum Gasteiger partial charge on any atom is -0.383 e. The average Bonchev–Trinajstić information content (AvgIpc) is 2.63. The van der Waals surface area contributed by atoms with Crippen molar-refractivity contribution in [1.29, 1.82) is 0 Å². The largest absolute Gasteiger partial charge is 0.383 e. The summed E-state index contributed by atoms with van der Waals surface area (Å²) in [5.41, 5.74) is 0. The molecule has 0 bridgehead atoms. The van der Waals surface area contributed by atoms with Gasteiger partial charge < -0.3 is 9.64 Å². The van der Waals surface area contributed by atoms with Crippen molar-refractivity contribution >= 4 is 0 Å². The first-order valence-corrected chi connectivity index (χ1v) is 10.4. The summed E-state index contributed by atoms with van der Waals surface area (Å²) in [5.74, 6) is 0. The van der Waals surface area contributed by atoms with Crippen LogP contribution in [0.3, 0.4) is 0 Å². The predicted molar refractivity (Wildman–Crippen MR) is 101 cm³/mol. The molecule has 0 N–H and O–H groups in total. The molecule has 0 radical (unpaired) electrons. The topological polar surface area (TPSA) is 19.0 Å². The number of likely N-dealkylation sites (tertiary alicyclic amines) is 1. The number of hydrogen-bond donors (Lipinski definition) is 0. The number of rotatable bonds is 5. The second kappa shape index (κ2) is 8.98. The molecule has 3 aliphatic rings. The highest BCUT2D eigenvalue weighted by molar-refractivity contribution is 4.91. The van der Waals surface area contributed by atoms with E-state index in [0.717, 1.165) is 18.7 Å². The molecule has 4 heteroatoms. The highest BCUT2D eigenvalue weighted by Crippen LogP contribution is 2.28. The lowest BCUT2D eigenvalue weighted by Crippen LogP contribution is -2.61. The standard InChI is InChI=1S/C20H39N3O/c1-17(2)21-11-9-18(10-12-21)22-13-14-23(20(15-22)16-24-3)19-7-5-4-6-8-19/h17-20H,4-16H2,1-3H3. The van der Waals surface area contributed by atoms with Crippen LogP contribution < -0.4 is 0 Å². The molecule has 0 aromatic carbocycles. The number of hydrogen-bond acceptors (Lipinski definition) is 4. The molecule has 24 heavy (non-hydrogen) atoms. The molecule has 1 saturated carbocycles. The van der Waals surface area contributed by atoms with Gasteiger partial charge in [-0.25, -0.2) is 0 Å². The van der Waals surface area contributed by atoms with Crippen LogP contribution in [-0.2, 0) is 4.74 Å². The fourth-order valence-electron chi connectivity index (χ4n) is 5.23. The Balaban J connectivity index is 1.54. The van der Waals surface area contributed by atoms with Crippen molar-refractivity contribution in [2.24, 2.45) is 0 Å². The van der Waals surface area contributed by atoms with E-state index in [1.807, 2.05) is 7.11 Å². The highest BCUT2D eigenvalue weighted by atomic mass is 16.5. The Kier molecular flexibility index (Phi) is 6.97. The molecule has 0 spiro atoms. The van der Waals surface area contributed by atoms with Gasteiger partial charge in [-0.2, -0.15) is 0 Å². The molecule has 2 aliphatic heterocycles. The van der Waals surface area contributed by atoms with Gasteiger partial charge in [0, 0.05) is 50.9 Å². The van der Waals surface area contributed by atoms with E-state index in [1.54, 1.807) is 0 Å². The molecular weight excluding hydrogens is 298 g/mol. The molecule has 2 saturated heterocycles. The van der Waals surface area contributed by atoms with Crippen molar-refractivity contribution in [3.05, 3.63) is 0 Å². The summed E-state index contributed by atoms with van der Waals surface area (Å²) < 4.78 is 5.61. The van der Waals surface area contributed by atoms with Crippen LogP contribution in [0.2, 0.25) is 0 Å². The lowest BCUT2D eigenvalue weighted by Gasteiger charge is -2.49. The van der Waals surface area contributed by atoms with Crippen molar-refractivity contribution in [3.63, 3.8) is 0 Å². The van der Waals surface area contributed by atoms with Crippen LogP contribution in [-0.4, -0.2) is 85.3 Å². The summed E-state index contributed by atoms with van der Waals surface area (Å²) in [6.45, 7) is 11.9. The van der Waals surface area contributed by atoms with Crippen LogP contribution in [0.25, 0.3) is 0 Å². The SMILES string of the molecule is COCC1CN(C2CCN(C(C)C)CC2)CCN1C1CCCCC1. The lowest BCUT2D eigenvalue weighted by molar-refractivity contribution is -0.0312. The Labute approximate surface area is 149 Å². The summed E-state index contributed by atoms with van der Waals surface area (Å²) in [6, 6.07) is 2.93. The van der Waals surface area contributed by atoms with Crippen molar-refractivity contribution in [3.8, 4) is 0 Å². The van der Waals surface area contributed by atoms with Crippen LogP contribution in [0, 0.1) is 0 Å². The van der Waals surface area contributed by atoms with E-state index < -0.39 is 0 Å². The summed E-state index contributed by atoms with van der Waals surface area (Å²) in [4.78, 5) is 8.24. The molecular formula is C20H39N3O. The van der Waals surface area contributed by atoms with Crippen LogP contribution in [0.5, 0.6) is 0 Å². The van der Waals surface area contributed by atoms with Gasteiger partial charge in [-0.15, -0.1) is 0 Å². The molecule has 140 valence electrons. The van der Waals surface area contributed by atoms with E-state index >= 15 is 0 Å². The van der Waals surface area contributed by atoms with Gasteiger partial charge in [0.15, 0.2) is 0 Å². The third-order valence-corrected chi connectivity index (χ3v) is 6.71. The quantitative estimate of drug-likeness (QED) is 0.768. The third-order valence-electron chi connectivity index (χ3n) is 6.71. The Morgan fingerprint density at radius 3 is 2.21 bits per heavy atom. The molecule has 1 atom stereocenters. The zero-order valence-corrected chi connectivity index (χ0v) is 16.3. The van der Waals surface area contributed by atoms with Crippen molar-refractivity contribution in [2.75, 3.05) is 46.4 Å². The highest BCUT2D eigenvalue weighted by Gasteiger charge is 2.35. The molecule has 4 nitrogen and oxygen atoms in total. The minimum atomic E-state index is 0.606. The van der Waals surface area contributed by atoms with Crippen molar-refractivity contribution in [2.45, 2.75) is 83.0 Å². The monoisotopic (exact) mass is 337 g/mol.